The smallest absolute Gasteiger partial charge is 0.253 e. The minimum atomic E-state index is 0. The Morgan fingerprint density at radius 2 is 1.83 bits per heavy atom. The molecule has 0 aliphatic carbocycles. The zero-order chi connectivity index (χ0) is 20.1. The number of piperidine rings is 1. The molecular formula is C23H28ClN3O3. The molecule has 2 amide bonds. The number of carbonyl (C=O) groups excluding carboxylic acids is 2. The van der Waals surface area contributed by atoms with Crippen LogP contribution in [0, 0.1) is 0 Å². The van der Waals surface area contributed by atoms with Gasteiger partial charge in [0.1, 0.15) is 12.4 Å². The van der Waals surface area contributed by atoms with Gasteiger partial charge in [-0.15, -0.1) is 12.4 Å². The number of carbonyl (C=O) groups is 2. The summed E-state index contributed by atoms with van der Waals surface area (Å²) in [4.78, 5) is 29.0. The van der Waals surface area contributed by atoms with E-state index >= 15 is 0 Å². The van der Waals surface area contributed by atoms with Crippen LogP contribution in [0.2, 0.25) is 0 Å². The van der Waals surface area contributed by atoms with Gasteiger partial charge in [0.2, 0.25) is 5.91 Å². The molecular weight excluding hydrogens is 402 g/mol. The molecule has 0 spiro atoms. The topological polar surface area (TPSA) is 61.9 Å². The molecule has 30 heavy (non-hydrogen) atoms. The first-order chi connectivity index (χ1) is 14.2. The van der Waals surface area contributed by atoms with Crippen LogP contribution in [0.25, 0.3) is 0 Å². The minimum Gasteiger partial charge on any atom is -0.489 e. The summed E-state index contributed by atoms with van der Waals surface area (Å²) in [6.07, 6.45) is 1.89. The van der Waals surface area contributed by atoms with Crippen molar-refractivity contribution in [3.8, 4) is 5.75 Å². The number of hydrogen-bond acceptors (Lipinski definition) is 4. The number of para-hydroxylation sites is 1. The molecule has 0 saturated carbocycles. The summed E-state index contributed by atoms with van der Waals surface area (Å²) in [5, 5.41) is 3.11. The van der Waals surface area contributed by atoms with Crippen LogP contribution >= 0.6 is 12.4 Å². The Hall–Kier alpha value is -2.57. The van der Waals surface area contributed by atoms with Crippen molar-refractivity contribution in [1.82, 2.24) is 15.1 Å². The molecule has 2 aliphatic rings. The van der Waals surface area contributed by atoms with E-state index in [1.54, 1.807) is 0 Å². The fraction of sp³-hybridized carbons (Fsp3) is 0.391. The van der Waals surface area contributed by atoms with E-state index in [4.69, 9.17) is 4.74 Å². The van der Waals surface area contributed by atoms with Gasteiger partial charge in [0.15, 0.2) is 0 Å². The van der Waals surface area contributed by atoms with Gasteiger partial charge in [-0.2, -0.15) is 0 Å². The third kappa shape index (κ3) is 5.32. The zero-order valence-corrected chi connectivity index (χ0v) is 17.8. The van der Waals surface area contributed by atoms with Crippen molar-refractivity contribution in [2.75, 3.05) is 32.7 Å². The molecule has 1 atom stereocenters. The summed E-state index contributed by atoms with van der Waals surface area (Å²) >= 11 is 0. The van der Waals surface area contributed by atoms with Crippen molar-refractivity contribution in [3.05, 3.63) is 65.7 Å². The van der Waals surface area contributed by atoms with Crippen LogP contribution in [0.15, 0.2) is 54.6 Å². The number of amides is 2. The molecule has 2 aliphatic heterocycles. The number of benzene rings is 2. The Bertz CT molecular complexity index is 845. The second-order valence-corrected chi connectivity index (χ2v) is 7.61. The van der Waals surface area contributed by atoms with Crippen molar-refractivity contribution in [2.45, 2.75) is 25.5 Å². The van der Waals surface area contributed by atoms with Crippen molar-refractivity contribution >= 4 is 24.2 Å². The Labute approximate surface area is 183 Å². The number of nitrogens with one attached hydrogen (secondary N) is 1. The summed E-state index contributed by atoms with van der Waals surface area (Å²) < 4.78 is 5.76. The van der Waals surface area contributed by atoms with Gasteiger partial charge in [0.25, 0.3) is 5.91 Å². The van der Waals surface area contributed by atoms with E-state index in [-0.39, 0.29) is 30.3 Å². The standard InChI is InChI=1S/C23H27N3O3.ClH/c27-22-15-24-12-14-26(22)20-5-4-13-25(16-20)23(28)19-10-8-18(9-11-19)17-29-21-6-2-1-3-7-21;/h1-3,6-11,20,24H,4-5,12-17H2;1H. The normalized spacial score (nSPS) is 19.2. The third-order valence-electron chi connectivity index (χ3n) is 5.60. The lowest BCUT2D eigenvalue weighted by Gasteiger charge is -2.41. The molecule has 2 heterocycles. The van der Waals surface area contributed by atoms with Crippen molar-refractivity contribution in [2.24, 2.45) is 0 Å². The molecule has 1 N–H and O–H groups in total. The summed E-state index contributed by atoms with van der Waals surface area (Å²) in [6, 6.07) is 17.4. The molecule has 1 unspecified atom stereocenters. The summed E-state index contributed by atoms with van der Waals surface area (Å²) in [5.74, 6) is 1.00. The van der Waals surface area contributed by atoms with Gasteiger partial charge < -0.3 is 19.9 Å². The van der Waals surface area contributed by atoms with Crippen LogP contribution in [-0.2, 0) is 11.4 Å². The summed E-state index contributed by atoms with van der Waals surface area (Å²) in [6.45, 7) is 3.77. The second kappa shape index (κ2) is 10.5. The van der Waals surface area contributed by atoms with Crippen LogP contribution in [0.1, 0.15) is 28.8 Å². The van der Waals surface area contributed by atoms with Crippen LogP contribution in [0.3, 0.4) is 0 Å². The lowest BCUT2D eigenvalue weighted by molar-refractivity contribution is -0.135. The predicted molar refractivity (Wildman–Crippen MR) is 118 cm³/mol. The molecule has 6 nitrogen and oxygen atoms in total. The average molecular weight is 430 g/mol. The molecule has 160 valence electrons. The van der Waals surface area contributed by atoms with E-state index in [9.17, 15) is 9.59 Å². The fourth-order valence-corrected chi connectivity index (χ4v) is 4.01. The number of likely N-dealkylation sites (tertiary alicyclic amines) is 1. The van der Waals surface area contributed by atoms with E-state index in [1.807, 2.05) is 64.4 Å². The van der Waals surface area contributed by atoms with Crippen molar-refractivity contribution < 1.29 is 14.3 Å². The Morgan fingerprint density at radius 1 is 1.07 bits per heavy atom. The molecule has 2 fully saturated rings. The van der Waals surface area contributed by atoms with E-state index in [0.717, 1.165) is 43.8 Å². The van der Waals surface area contributed by atoms with Crippen LogP contribution in [-0.4, -0.2) is 60.4 Å². The number of rotatable bonds is 5. The van der Waals surface area contributed by atoms with Gasteiger partial charge in [-0.05, 0) is 42.7 Å². The highest BCUT2D eigenvalue weighted by Crippen LogP contribution is 2.20. The Morgan fingerprint density at radius 3 is 2.57 bits per heavy atom. The Kier molecular flexibility index (Phi) is 7.71. The predicted octanol–water partition coefficient (Wildman–Crippen LogP) is 2.72. The Balaban J connectivity index is 0.00000256. The number of hydrogen-bond donors (Lipinski definition) is 1. The monoisotopic (exact) mass is 429 g/mol. The van der Waals surface area contributed by atoms with Crippen molar-refractivity contribution in [3.63, 3.8) is 0 Å². The maximum atomic E-state index is 13.0. The summed E-state index contributed by atoms with van der Waals surface area (Å²) in [7, 11) is 0. The fourth-order valence-electron chi connectivity index (χ4n) is 4.01. The second-order valence-electron chi connectivity index (χ2n) is 7.61. The molecule has 2 aromatic rings. The minimum absolute atomic E-state index is 0. The lowest BCUT2D eigenvalue weighted by atomic mass is 10.0. The molecule has 0 bridgehead atoms. The lowest BCUT2D eigenvalue weighted by Crippen LogP contribution is -2.57. The number of ether oxygens (including phenoxy) is 1. The number of nitrogens with zero attached hydrogens (tertiary/aromatic N) is 2. The van der Waals surface area contributed by atoms with E-state index in [1.165, 1.54) is 0 Å². The maximum Gasteiger partial charge on any atom is 0.253 e. The molecule has 2 aromatic carbocycles. The van der Waals surface area contributed by atoms with Gasteiger partial charge in [0, 0.05) is 37.8 Å². The highest BCUT2D eigenvalue weighted by Gasteiger charge is 2.31. The number of piperazine rings is 1. The molecule has 4 rings (SSSR count). The quantitative estimate of drug-likeness (QED) is 0.793. The van der Waals surface area contributed by atoms with Crippen molar-refractivity contribution in [1.29, 1.82) is 0 Å². The van der Waals surface area contributed by atoms with E-state index in [2.05, 4.69) is 5.32 Å². The van der Waals surface area contributed by atoms with Gasteiger partial charge in [-0.25, -0.2) is 0 Å². The first-order valence-corrected chi connectivity index (χ1v) is 10.3. The first kappa shape index (κ1) is 22.1. The molecule has 0 aromatic heterocycles. The molecule has 7 heteroatoms. The van der Waals surface area contributed by atoms with Crippen LogP contribution < -0.4 is 10.1 Å². The summed E-state index contributed by atoms with van der Waals surface area (Å²) in [5.41, 5.74) is 1.70. The molecule has 0 radical (unpaired) electrons. The van der Waals surface area contributed by atoms with E-state index < -0.39 is 0 Å². The average Bonchev–Trinajstić information content (AvgIpc) is 2.79. The largest absolute Gasteiger partial charge is 0.489 e. The highest BCUT2D eigenvalue weighted by atomic mass is 35.5. The highest BCUT2D eigenvalue weighted by molar-refractivity contribution is 5.94. The van der Waals surface area contributed by atoms with Gasteiger partial charge in [-0.3, -0.25) is 9.59 Å². The van der Waals surface area contributed by atoms with Gasteiger partial charge in [-0.1, -0.05) is 30.3 Å². The van der Waals surface area contributed by atoms with E-state index in [0.29, 0.717) is 25.3 Å². The maximum absolute atomic E-state index is 13.0. The third-order valence-corrected chi connectivity index (χ3v) is 5.60. The SMILES string of the molecule is Cl.O=C(c1ccc(COc2ccccc2)cc1)N1CCCC(N2CCNCC2=O)C1. The molecule has 2 saturated heterocycles. The first-order valence-electron chi connectivity index (χ1n) is 10.3. The zero-order valence-electron chi connectivity index (χ0n) is 17.0. The van der Waals surface area contributed by atoms with Gasteiger partial charge in [0.05, 0.1) is 6.54 Å². The van der Waals surface area contributed by atoms with Gasteiger partial charge >= 0.3 is 0 Å². The van der Waals surface area contributed by atoms with Crippen LogP contribution in [0.5, 0.6) is 5.75 Å². The van der Waals surface area contributed by atoms with Crippen LogP contribution in [0.4, 0.5) is 0 Å². The number of halogens is 1.